The molecular weight excluding hydrogens is 310 g/mol. The molecule has 0 bridgehead atoms. The highest BCUT2D eigenvalue weighted by Crippen LogP contribution is 2.23. The van der Waals surface area contributed by atoms with Crippen LogP contribution in [-0.4, -0.2) is 65.0 Å². The average molecular weight is 340 g/mol. The van der Waals surface area contributed by atoms with Crippen molar-refractivity contribution in [1.82, 2.24) is 15.1 Å². The van der Waals surface area contributed by atoms with E-state index in [0.29, 0.717) is 11.6 Å². The molecule has 2 amide bonds. The highest BCUT2D eigenvalue weighted by atomic mass is 32.2. The van der Waals surface area contributed by atoms with Gasteiger partial charge in [-0.05, 0) is 32.7 Å². The van der Waals surface area contributed by atoms with Gasteiger partial charge in [-0.15, -0.1) is 11.8 Å². The molecule has 0 aromatic carbocycles. The van der Waals surface area contributed by atoms with Crippen molar-refractivity contribution in [1.29, 1.82) is 0 Å². The van der Waals surface area contributed by atoms with E-state index in [-0.39, 0.29) is 23.9 Å². The van der Waals surface area contributed by atoms with Gasteiger partial charge in [0.05, 0.1) is 5.88 Å². The maximum absolute atomic E-state index is 12.6. The zero-order chi connectivity index (χ0) is 16.8. The van der Waals surface area contributed by atoms with Gasteiger partial charge in [0.25, 0.3) is 5.91 Å². The molecule has 23 heavy (non-hydrogen) atoms. The first-order valence-electron chi connectivity index (χ1n) is 8.65. The second-order valence-electron chi connectivity index (χ2n) is 6.30. The molecular formula is C17H29N3O2S. The number of thioether (sulfide) groups is 1. The largest absolute Gasteiger partial charge is 0.351 e. The number of piperidine rings is 1. The molecule has 1 N–H and O–H groups in total. The fraction of sp³-hybridized carbons (Fsp3) is 0.765. The molecule has 2 heterocycles. The molecule has 6 heteroatoms. The molecule has 0 aromatic heterocycles. The van der Waals surface area contributed by atoms with Gasteiger partial charge in [0.2, 0.25) is 5.91 Å². The van der Waals surface area contributed by atoms with Crippen molar-refractivity contribution in [3.63, 3.8) is 0 Å². The predicted molar refractivity (Wildman–Crippen MR) is 95.3 cm³/mol. The molecule has 0 radical (unpaired) electrons. The van der Waals surface area contributed by atoms with E-state index in [2.05, 4.69) is 17.1 Å². The summed E-state index contributed by atoms with van der Waals surface area (Å²) in [6.07, 6.45) is 4.77. The summed E-state index contributed by atoms with van der Waals surface area (Å²) in [7, 11) is 0. The molecule has 130 valence electrons. The number of carbonyl (C=O) groups excluding carboxylic acids is 2. The molecule has 0 aromatic rings. The average Bonchev–Trinajstić information content (AvgIpc) is 3.04. The summed E-state index contributed by atoms with van der Waals surface area (Å²) < 4.78 is 0. The molecule has 2 rings (SSSR count). The van der Waals surface area contributed by atoms with Crippen LogP contribution >= 0.6 is 11.8 Å². The summed E-state index contributed by atoms with van der Waals surface area (Å²) in [5.74, 6) is 1.32. The minimum absolute atomic E-state index is 0.00203. The fourth-order valence-corrected chi connectivity index (χ4v) is 4.32. The van der Waals surface area contributed by atoms with Crippen LogP contribution in [0.5, 0.6) is 0 Å². The van der Waals surface area contributed by atoms with Crippen molar-refractivity contribution in [2.45, 2.75) is 52.1 Å². The third-order valence-electron chi connectivity index (χ3n) is 4.67. The first kappa shape index (κ1) is 18.3. The van der Waals surface area contributed by atoms with E-state index in [1.165, 1.54) is 0 Å². The van der Waals surface area contributed by atoms with E-state index in [1.54, 1.807) is 16.7 Å². The number of hydrogen-bond donors (Lipinski definition) is 1. The highest BCUT2D eigenvalue weighted by Gasteiger charge is 2.36. The Kier molecular flexibility index (Phi) is 6.96. The van der Waals surface area contributed by atoms with Gasteiger partial charge in [0.1, 0.15) is 6.04 Å². The number of carbonyl (C=O) groups is 2. The van der Waals surface area contributed by atoms with Gasteiger partial charge in [0, 0.05) is 30.5 Å². The van der Waals surface area contributed by atoms with Crippen LogP contribution in [0.4, 0.5) is 0 Å². The monoisotopic (exact) mass is 339 g/mol. The molecule has 2 aliphatic rings. The molecule has 0 spiro atoms. The van der Waals surface area contributed by atoms with E-state index in [9.17, 15) is 9.59 Å². The summed E-state index contributed by atoms with van der Waals surface area (Å²) in [6, 6.07) is -0.0722. The Morgan fingerprint density at radius 1 is 1.26 bits per heavy atom. The smallest absolute Gasteiger partial charge is 0.250 e. The Morgan fingerprint density at radius 2 is 1.96 bits per heavy atom. The molecule has 2 aliphatic heterocycles. The quantitative estimate of drug-likeness (QED) is 0.777. The van der Waals surface area contributed by atoms with Gasteiger partial charge >= 0.3 is 0 Å². The lowest BCUT2D eigenvalue weighted by atomic mass is 10.0. The maximum Gasteiger partial charge on any atom is 0.250 e. The van der Waals surface area contributed by atoms with Crippen LogP contribution in [-0.2, 0) is 9.59 Å². The number of nitrogens with one attached hydrogen (secondary N) is 1. The molecule has 1 atom stereocenters. The van der Waals surface area contributed by atoms with Crippen LogP contribution in [0.2, 0.25) is 0 Å². The lowest BCUT2D eigenvalue weighted by molar-refractivity contribution is -0.135. The van der Waals surface area contributed by atoms with Crippen molar-refractivity contribution < 1.29 is 9.59 Å². The van der Waals surface area contributed by atoms with Crippen molar-refractivity contribution in [2.24, 2.45) is 0 Å². The third kappa shape index (κ3) is 4.73. The zero-order valence-electron chi connectivity index (χ0n) is 14.5. The number of allylic oxidation sites excluding steroid dienone is 1. The number of likely N-dealkylation sites (tertiary alicyclic amines) is 1. The summed E-state index contributed by atoms with van der Waals surface area (Å²) in [5, 5.41) is 3.17. The van der Waals surface area contributed by atoms with E-state index < -0.39 is 0 Å². The van der Waals surface area contributed by atoms with Crippen molar-refractivity contribution in [3.05, 3.63) is 11.6 Å². The van der Waals surface area contributed by atoms with E-state index in [0.717, 1.165) is 44.5 Å². The standard InChI is InChI=1S/C17H29N3O2S/c1-4-6-13(3)17(22)20-12-23-11-15(20)16(21)18-14-7-9-19(5-2)10-8-14/h6,14-15H,4-5,7-12H2,1-3H3,(H,18,21)/b13-6+/t15-/m0/s1. The van der Waals surface area contributed by atoms with Crippen molar-refractivity contribution >= 4 is 23.6 Å². The number of rotatable bonds is 5. The molecule has 0 aliphatic carbocycles. The van der Waals surface area contributed by atoms with Gasteiger partial charge in [-0.25, -0.2) is 0 Å². The Bertz CT molecular complexity index is 459. The first-order chi connectivity index (χ1) is 11.1. The zero-order valence-corrected chi connectivity index (χ0v) is 15.3. The van der Waals surface area contributed by atoms with E-state index in [1.807, 2.05) is 19.9 Å². The number of hydrogen-bond acceptors (Lipinski definition) is 4. The Hall–Kier alpha value is -1.01. The summed E-state index contributed by atoms with van der Waals surface area (Å²) >= 11 is 1.66. The topological polar surface area (TPSA) is 52.7 Å². The normalized spacial score (nSPS) is 24.0. The highest BCUT2D eigenvalue weighted by molar-refractivity contribution is 7.99. The Labute approximate surface area is 143 Å². The second-order valence-corrected chi connectivity index (χ2v) is 7.30. The summed E-state index contributed by atoms with van der Waals surface area (Å²) in [6.45, 7) is 9.19. The van der Waals surface area contributed by atoms with Crippen LogP contribution in [0.1, 0.15) is 40.0 Å². The number of amides is 2. The summed E-state index contributed by atoms with van der Waals surface area (Å²) in [4.78, 5) is 29.2. The predicted octanol–water partition coefficient (Wildman–Crippen LogP) is 1.84. The fourth-order valence-electron chi connectivity index (χ4n) is 3.17. The van der Waals surface area contributed by atoms with Gasteiger partial charge in [-0.1, -0.05) is 19.9 Å². The van der Waals surface area contributed by atoms with Crippen LogP contribution in [0.15, 0.2) is 11.6 Å². The Balaban J connectivity index is 1.91. The molecule has 2 fully saturated rings. The van der Waals surface area contributed by atoms with Crippen LogP contribution in [0, 0.1) is 0 Å². The van der Waals surface area contributed by atoms with Crippen molar-refractivity contribution in [3.8, 4) is 0 Å². The van der Waals surface area contributed by atoms with Gasteiger partial charge < -0.3 is 15.1 Å². The molecule has 0 unspecified atom stereocenters. The molecule has 2 saturated heterocycles. The lowest BCUT2D eigenvalue weighted by Crippen LogP contribution is -2.52. The Morgan fingerprint density at radius 3 is 2.57 bits per heavy atom. The van der Waals surface area contributed by atoms with Gasteiger partial charge in [0.15, 0.2) is 0 Å². The SMILES string of the molecule is CC/C=C(\C)C(=O)N1CSC[C@H]1C(=O)NC1CCN(CC)CC1. The lowest BCUT2D eigenvalue weighted by Gasteiger charge is -2.32. The van der Waals surface area contributed by atoms with Crippen LogP contribution in [0.3, 0.4) is 0 Å². The number of nitrogens with zero attached hydrogens (tertiary/aromatic N) is 2. The van der Waals surface area contributed by atoms with E-state index in [4.69, 9.17) is 0 Å². The van der Waals surface area contributed by atoms with Gasteiger partial charge in [-0.2, -0.15) is 0 Å². The molecule has 0 saturated carbocycles. The van der Waals surface area contributed by atoms with Crippen LogP contribution in [0.25, 0.3) is 0 Å². The summed E-state index contributed by atoms with van der Waals surface area (Å²) in [5.41, 5.74) is 0.740. The second kappa shape index (κ2) is 8.73. The first-order valence-corrected chi connectivity index (χ1v) is 9.80. The minimum atomic E-state index is -0.322. The van der Waals surface area contributed by atoms with Crippen LogP contribution < -0.4 is 5.32 Å². The van der Waals surface area contributed by atoms with Gasteiger partial charge in [-0.3, -0.25) is 9.59 Å². The molecule has 5 nitrogen and oxygen atoms in total. The minimum Gasteiger partial charge on any atom is -0.351 e. The maximum atomic E-state index is 12.6. The van der Waals surface area contributed by atoms with Crippen molar-refractivity contribution in [2.75, 3.05) is 31.3 Å². The van der Waals surface area contributed by atoms with E-state index >= 15 is 0 Å². The third-order valence-corrected chi connectivity index (χ3v) is 5.69.